The maximum Gasteiger partial charge on any atom is 0.342 e. The number of esters is 2. The van der Waals surface area contributed by atoms with Gasteiger partial charge in [-0.1, -0.05) is 24.3 Å². The average molecular weight is 399 g/mol. The van der Waals surface area contributed by atoms with Crippen LogP contribution in [0, 0.1) is 0 Å². The molecule has 0 saturated carbocycles. The highest BCUT2D eigenvalue weighted by molar-refractivity contribution is 5.94. The Labute approximate surface area is 167 Å². The van der Waals surface area contributed by atoms with E-state index in [1.54, 1.807) is 0 Å². The van der Waals surface area contributed by atoms with Crippen molar-refractivity contribution < 1.29 is 33.7 Å². The van der Waals surface area contributed by atoms with Gasteiger partial charge in [0.2, 0.25) is 0 Å². The highest BCUT2D eigenvalue weighted by Crippen LogP contribution is 2.26. The summed E-state index contributed by atoms with van der Waals surface area (Å²) in [5, 5.41) is 9.93. The first-order valence-electron chi connectivity index (χ1n) is 8.92. The minimum atomic E-state index is -0.856. The Bertz CT molecular complexity index is 940. The summed E-state index contributed by atoms with van der Waals surface area (Å²) in [6.45, 7) is -0.361. The lowest BCUT2D eigenvalue weighted by Crippen LogP contribution is -2.50. The third-order valence-electron chi connectivity index (χ3n) is 4.79. The summed E-state index contributed by atoms with van der Waals surface area (Å²) >= 11 is 0. The van der Waals surface area contributed by atoms with Gasteiger partial charge in [0.15, 0.2) is 6.61 Å². The third kappa shape index (κ3) is 4.31. The van der Waals surface area contributed by atoms with Crippen LogP contribution < -0.4 is 4.74 Å². The zero-order valence-corrected chi connectivity index (χ0v) is 16.1. The standard InChI is InChI=1S/C21H21NO7/c1-27-15-7-8-16(18(23)10-15)20(25)29-12-19(24)22-11-14-6-4-3-5-13(14)9-17(22)21(26)28-2/h3-8,10,17,23H,9,11-12H2,1-2H3/t17-/m1/s1. The number of phenols is 1. The molecule has 0 spiro atoms. The molecule has 1 heterocycles. The van der Waals surface area contributed by atoms with Crippen LogP contribution >= 0.6 is 0 Å². The number of carbonyl (C=O) groups excluding carboxylic acids is 3. The van der Waals surface area contributed by atoms with Gasteiger partial charge in [0.25, 0.3) is 5.91 Å². The quantitative estimate of drug-likeness (QED) is 0.763. The zero-order valence-electron chi connectivity index (χ0n) is 16.1. The van der Waals surface area contributed by atoms with E-state index >= 15 is 0 Å². The first-order valence-corrected chi connectivity index (χ1v) is 8.92. The molecule has 152 valence electrons. The lowest BCUT2D eigenvalue weighted by atomic mass is 9.94. The monoisotopic (exact) mass is 399 g/mol. The molecule has 1 atom stereocenters. The number of rotatable bonds is 5. The van der Waals surface area contributed by atoms with Gasteiger partial charge < -0.3 is 24.2 Å². The number of aromatic hydroxyl groups is 1. The van der Waals surface area contributed by atoms with Crippen molar-refractivity contribution in [2.45, 2.75) is 19.0 Å². The molecule has 0 fully saturated rings. The van der Waals surface area contributed by atoms with Gasteiger partial charge in [0.1, 0.15) is 23.1 Å². The molecule has 29 heavy (non-hydrogen) atoms. The van der Waals surface area contributed by atoms with E-state index in [0.717, 1.165) is 11.1 Å². The number of phenolic OH excluding ortho intramolecular Hbond substituents is 1. The summed E-state index contributed by atoms with van der Waals surface area (Å²) in [6.07, 6.45) is 0.321. The molecule has 8 heteroatoms. The number of nitrogens with zero attached hydrogens (tertiary/aromatic N) is 1. The Morgan fingerprint density at radius 3 is 2.48 bits per heavy atom. The van der Waals surface area contributed by atoms with Crippen molar-refractivity contribution in [1.29, 1.82) is 0 Å². The normalized spacial score (nSPS) is 15.2. The smallest absolute Gasteiger partial charge is 0.342 e. The summed E-state index contributed by atoms with van der Waals surface area (Å²) in [6, 6.07) is 10.8. The molecule has 0 aliphatic carbocycles. The second-order valence-electron chi connectivity index (χ2n) is 6.49. The number of carbonyl (C=O) groups is 3. The van der Waals surface area contributed by atoms with E-state index in [1.165, 1.54) is 37.3 Å². The Hall–Kier alpha value is -3.55. The summed E-state index contributed by atoms with van der Waals surface area (Å²) < 4.78 is 14.9. The topological polar surface area (TPSA) is 102 Å². The maximum atomic E-state index is 12.7. The second kappa shape index (κ2) is 8.64. The van der Waals surface area contributed by atoms with Crippen molar-refractivity contribution in [1.82, 2.24) is 4.90 Å². The van der Waals surface area contributed by atoms with Crippen LogP contribution in [0.15, 0.2) is 42.5 Å². The van der Waals surface area contributed by atoms with Gasteiger partial charge in [-0.3, -0.25) is 4.79 Å². The van der Waals surface area contributed by atoms with E-state index in [1.807, 2.05) is 24.3 Å². The lowest BCUT2D eigenvalue weighted by Gasteiger charge is -2.35. The zero-order chi connectivity index (χ0) is 21.0. The highest BCUT2D eigenvalue weighted by atomic mass is 16.5. The van der Waals surface area contributed by atoms with E-state index in [4.69, 9.17) is 14.2 Å². The highest BCUT2D eigenvalue weighted by Gasteiger charge is 2.35. The first kappa shape index (κ1) is 20.2. The molecule has 8 nitrogen and oxygen atoms in total. The van der Waals surface area contributed by atoms with Gasteiger partial charge in [-0.25, -0.2) is 9.59 Å². The molecular weight excluding hydrogens is 378 g/mol. The van der Waals surface area contributed by atoms with Crippen molar-refractivity contribution in [3.63, 3.8) is 0 Å². The molecule has 0 aromatic heterocycles. The number of fused-ring (bicyclic) bond motifs is 1. The van der Waals surface area contributed by atoms with E-state index in [2.05, 4.69) is 0 Å². The molecule has 1 N–H and O–H groups in total. The molecule has 0 radical (unpaired) electrons. The third-order valence-corrected chi connectivity index (χ3v) is 4.79. The van der Waals surface area contributed by atoms with E-state index in [9.17, 15) is 19.5 Å². The molecule has 0 saturated heterocycles. The lowest BCUT2D eigenvalue weighted by molar-refractivity contribution is -0.155. The molecule has 2 aromatic carbocycles. The molecular formula is C21H21NO7. The Morgan fingerprint density at radius 2 is 1.83 bits per heavy atom. The van der Waals surface area contributed by atoms with Crippen LogP contribution in [0.25, 0.3) is 0 Å². The van der Waals surface area contributed by atoms with Gasteiger partial charge in [0.05, 0.1) is 14.2 Å². The SMILES string of the molecule is COC(=O)[C@H]1Cc2ccccc2CN1C(=O)COC(=O)c1ccc(OC)cc1O. The minimum absolute atomic E-state index is 0.0906. The summed E-state index contributed by atoms with van der Waals surface area (Å²) in [5.74, 6) is -1.86. The minimum Gasteiger partial charge on any atom is -0.507 e. The Kier molecular flexibility index (Phi) is 6.01. The molecule has 1 aliphatic rings. The molecule has 1 aliphatic heterocycles. The van der Waals surface area contributed by atoms with E-state index in [0.29, 0.717) is 12.2 Å². The summed E-state index contributed by atoms with van der Waals surface area (Å²) in [4.78, 5) is 38.5. The number of methoxy groups -OCH3 is 2. The Balaban J connectivity index is 1.71. The summed E-state index contributed by atoms with van der Waals surface area (Å²) in [7, 11) is 2.69. The predicted octanol–water partition coefficient (Wildman–Crippen LogP) is 1.68. The molecule has 0 bridgehead atoms. The van der Waals surface area contributed by atoms with Crippen molar-refractivity contribution in [2.75, 3.05) is 20.8 Å². The van der Waals surface area contributed by atoms with Gasteiger partial charge in [-0.05, 0) is 23.3 Å². The predicted molar refractivity (Wildman–Crippen MR) is 101 cm³/mol. The first-order chi connectivity index (χ1) is 13.9. The fourth-order valence-electron chi connectivity index (χ4n) is 3.23. The van der Waals surface area contributed by atoms with Gasteiger partial charge in [0, 0.05) is 19.0 Å². The van der Waals surface area contributed by atoms with Crippen molar-refractivity contribution in [2.24, 2.45) is 0 Å². The largest absolute Gasteiger partial charge is 0.507 e. The van der Waals surface area contributed by atoms with Crippen LogP contribution in [0.3, 0.4) is 0 Å². The van der Waals surface area contributed by atoms with Crippen molar-refractivity contribution >= 4 is 17.8 Å². The Morgan fingerprint density at radius 1 is 1.10 bits per heavy atom. The number of benzene rings is 2. The summed E-state index contributed by atoms with van der Waals surface area (Å²) in [5.41, 5.74) is 1.79. The van der Waals surface area contributed by atoms with Crippen LogP contribution in [0.2, 0.25) is 0 Å². The number of amides is 1. The molecule has 2 aromatic rings. The fraction of sp³-hybridized carbons (Fsp3) is 0.286. The van der Waals surface area contributed by atoms with Crippen LogP contribution in [-0.2, 0) is 32.0 Å². The van der Waals surface area contributed by atoms with Crippen molar-refractivity contribution in [3.8, 4) is 11.5 Å². The van der Waals surface area contributed by atoms with Crippen LogP contribution in [0.4, 0.5) is 0 Å². The molecule has 0 unspecified atom stereocenters. The van der Waals surface area contributed by atoms with Crippen LogP contribution in [0.5, 0.6) is 11.5 Å². The molecule has 3 rings (SSSR count). The van der Waals surface area contributed by atoms with Gasteiger partial charge in [-0.15, -0.1) is 0 Å². The van der Waals surface area contributed by atoms with Gasteiger partial charge in [-0.2, -0.15) is 0 Å². The van der Waals surface area contributed by atoms with E-state index in [-0.39, 0.29) is 17.9 Å². The van der Waals surface area contributed by atoms with Crippen LogP contribution in [0.1, 0.15) is 21.5 Å². The van der Waals surface area contributed by atoms with Crippen molar-refractivity contribution in [3.05, 3.63) is 59.2 Å². The number of hydrogen-bond acceptors (Lipinski definition) is 7. The average Bonchev–Trinajstić information content (AvgIpc) is 2.75. The number of ether oxygens (including phenoxy) is 3. The van der Waals surface area contributed by atoms with Gasteiger partial charge >= 0.3 is 11.9 Å². The fourth-order valence-corrected chi connectivity index (χ4v) is 3.23. The second-order valence-corrected chi connectivity index (χ2v) is 6.49. The molecule has 1 amide bonds. The maximum absolute atomic E-state index is 12.7. The number of hydrogen-bond donors (Lipinski definition) is 1. The van der Waals surface area contributed by atoms with E-state index < -0.39 is 30.5 Å². The van der Waals surface area contributed by atoms with Crippen LogP contribution in [-0.4, -0.2) is 54.7 Å².